The van der Waals surface area contributed by atoms with Gasteiger partial charge >= 0.3 is 0 Å². The van der Waals surface area contributed by atoms with Crippen molar-refractivity contribution in [1.82, 2.24) is 0 Å². The van der Waals surface area contributed by atoms with E-state index in [1.54, 1.807) is 0 Å². The van der Waals surface area contributed by atoms with E-state index in [0.29, 0.717) is 5.92 Å². The van der Waals surface area contributed by atoms with Crippen LogP contribution in [0.5, 0.6) is 0 Å². The molecule has 0 radical (unpaired) electrons. The molecule has 0 saturated heterocycles. The SMILES string of the molecule is CC(C)C(=CO)CCCO. The second kappa shape index (κ2) is 5.30. The molecule has 0 amide bonds. The first-order valence-corrected chi connectivity index (χ1v) is 3.66. The van der Waals surface area contributed by atoms with Crippen LogP contribution in [-0.4, -0.2) is 16.8 Å². The summed E-state index contributed by atoms with van der Waals surface area (Å²) in [4.78, 5) is 0. The summed E-state index contributed by atoms with van der Waals surface area (Å²) in [7, 11) is 0. The van der Waals surface area contributed by atoms with Crippen LogP contribution in [0.15, 0.2) is 11.8 Å². The molecular weight excluding hydrogens is 128 g/mol. The van der Waals surface area contributed by atoms with Gasteiger partial charge in [0.2, 0.25) is 0 Å². The van der Waals surface area contributed by atoms with Gasteiger partial charge in [-0.25, -0.2) is 0 Å². The van der Waals surface area contributed by atoms with Crippen LogP contribution in [0.4, 0.5) is 0 Å². The van der Waals surface area contributed by atoms with Crippen molar-refractivity contribution in [3.8, 4) is 0 Å². The number of allylic oxidation sites excluding steroid dienone is 1. The monoisotopic (exact) mass is 144 g/mol. The summed E-state index contributed by atoms with van der Waals surface area (Å²) in [5.74, 6) is 0.386. The highest BCUT2D eigenvalue weighted by Crippen LogP contribution is 2.14. The second-order valence-corrected chi connectivity index (χ2v) is 2.69. The van der Waals surface area contributed by atoms with E-state index in [9.17, 15) is 0 Å². The first kappa shape index (κ1) is 9.50. The molecule has 0 aliphatic rings. The molecule has 0 spiro atoms. The Labute approximate surface area is 62.2 Å². The molecule has 60 valence electrons. The molecule has 0 aromatic heterocycles. The van der Waals surface area contributed by atoms with Crippen LogP contribution >= 0.6 is 0 Å². The molecular formula is C8H16O2. The molecule has 0 unspecified atom stereocenters. The fraction of sp³-hybridized carbons (Fsp3) is 0.750. The number of aliphatic hydroxyl groups is 2. The number of hydrogen-bond donors (Lipinski definition) is 2. The van der Waals surface area contributed by atoms with Crippen LogP contribution in [0.25, 0.3) is 0 Å². The van der Waals surface area contributed by atoms with E-state index < -0.39 is 0 Å². The zero-order valence-corrected chi connectivity index (χ0v) is 6.67. The third-order valence-electron chi connectivity index (χ3n) is 1.53. The summed E-state index contributed by atoms with van der Waals surface area (Å²) < 4.78 is 0. The Morgan fingerprint density at radius 2 is 2.10 bits per heavy atom. The summed E-state index contributed by atoms with van der Waals surface area (Å²) in [6, 6.07) is 0. The fourth-order valence-corrected chi connectivity index (χ4v) is 0.785. The van der Waals surface area contributed by atoms with Crippen molar-refractivity contribution in [3.05, 3.63) is 11.8 Å². The first-order valence-electron chi connectivity index (χ1n) is 3.66. The largest absolute Gasteiger partial charge is 0.516 e. The lowest BCUT2D eigenvalue weighted by atomic mass is 10.0. The van der Waals surface area contributed by atoms with Crippen LogP contribution < -0.4 is 0 Å². The maximum atomic E-state index is 8.68. The van der Waals surface area contributed by atoms with Gasteiger partial charge in [0, 0.05) is 6.61 Å². The third-order valence-corrected chi connectivity index (χ3v) is 1.53. The zero-order chi connectivity index (χ0) is 7.98. The molecule has 0 aliphatic heterocycles. The first-order chi connectivity index (χ1) is 4.72. The van der Waals surface area contributed by atoms with Crippen molar-refractivity contribution in [1.29, 1.82) is 0 Å². The molecule has 2 nitrogen and oxygen atoms in total. The predicted molar refractivity (Wildman–Crippen MR) is 41.9 cm³/mol. The van der Waals surface area contributed by atoms with Gasteiger partial charge < -0.3 is 10.2 Å². The summed E-state index contributed by atoms with van der Waals surface area (Å²) in [5, 5.41) is 17.2. The van der Waals surface area contributed by atoms with Gasteiger partial charge in [0.1, 0.15) is 0 Å². The minimum atomic E-state index is 0.198. The Morgan fingerprint density at radius 3 is 2.40 bits per heavy atom. The van der Waals surface area contributed by atoms with Gasteiger partial charge in [0.25, 0.3) is 0 Å². The topological polar surface area (TPSA) is 40.5 Å². The molecule has 0 aromatic carbocycles. The Morgan fingerprint density at radius 1 is 1.50 bits per heavy atom. The van der Waals surface area contributed by atoms with Crippen LogP contribution in [0.2, 0.25) is 0 Å². The molecule has 0 atom stereocenters. The Hall–Kier alpha value is -0.500. The quantitative estimate of drug-likeness (QED) is 0.591. The Kier molecular flexibility index (Phi) is 5.03. The molecule has 0 fully saturated rings. The van der Waals surface area contributed by atoms with E-state index in [0.717, 1.165) is 24.7 Å². The van der Waals surface area contributed by atoms with Gasteiger partial charge in [-0.3, -0.25) is 0 Å². The van der Waals surface area contributed by atoms with E-state index >= 15 is 0 Å². The highest BCUT2D eigenvalue weighted by Gasteiger charge is 2.01. The van der Waals surface area contributed by atoms with Crippen molar-refractivity contribution in [2.75, 3.05) is 6.61 Å². The Balaban J connectivity index is 3.63. The predicted octanol–water partition coefficient (Wildman–Crippen LogP) is 1.86. The maximum Gasteiger partial charge on any atom is 0.0786 e. The van der Waals surface area contributed by atoms with Gasteiger partial charge in [-0.2, -0.15) is 0 Å². The van der Waals surface area contributed by atoms with Crippen LogP contribution in [0.1, 0.15) is 26.7 Å². The average molecular weight is 144 g/mol. The number of rotatable bonds is 4. The van der Waals surface area contributed by atoms with E-state index in [-0.39, 0.29) is 6.61 Å². The van der Waals surface area contributed by atoms with Crippen LogP contribution in [0, 0.1) is 5.92 Å². The van der Waals surface area contributed by atoms with Gasteiger partial charge in [-0.1, -0.05) is 13.8 Å². The van der Waals surface area contributed by atoms with Crippen LogP contribution in [0.3, 0.4) is 0 Å². The van der Waals surface area contributed by atoms with Crippen molar-refractivity contribution >= 4 is 0 Å². The Bertz CT molecular complexity index is 106. The van der Waals surface area contributed by atoms with E-state index in [2.05, 4.69) is 0 Å². The normalized spacial score (nSPS) is 12.6. The summed E-state index contributed by atoms with van der Waals surface area (Å²) in [6.07, 6.45) is 2.69. The summed E-state index contributed by atoms with van der Waals surface area (Å²) in [6.45, 7) is 4.25. The van der Waals surface area contributed by atoms with Crippen LogP contribution in [-0.2, 0) is 0 Å². The molecule has 0 aromatic rings. The van der Waals surface area contributed by atoms with Crippen molar-refractivity contribution in [2.45, 2.75) is 26.7 Å². The molecule has 10 heavy (non-hydrogen) atoms. The van der Waals surface area contributed by atoms with Gasteiger partial charge in [0.05, 0.1) is 6.26 Å². The number of aliphatic hydroxyl groups excluding tert-OH is 2. The molecule has 0 heterocycles. The van der Waals surface area contributed by atoms with Crippen molar-refractivity contribution in [3.63, 3.8) is 0 Å². The molecule has 0 bridgehead atoms. The lowest BCUT2D eigenvalue weighted by Gasteiger charge is -2.07. The lowest BCUT2D eigenvalue weighted by molar-refractivity contribution is 0.286. The van der Waals surface area contributed by atoms with E-state index in [1.165, 1.54) is 0 Å². The highest BCUT2D eigenvalue weighted by molar-refractivity contribution is 4.99. The van der Waals surface area contributed by atoms with Gasteiger partial charge in [0.15, 0.2) is 0 Å². The standard InChI is InChI=1S/C8H16O2/c1-7(2)8(6-10)4-3-5-9/h6-7,9-10H,3-5H2,1-2H3. The molecule has 2 N–H and O–H groups in total. The minimum Gasteiger partial charge on any atom is -0.516 e. The third kappa shape index (κ3) is 3.51. The second-order valence-electron chi connectivity index (χ2n) is 2.69. The summed E-state index contributed by atoms with van der Waals surface area (Å²) in [5.41, 5.74) is 1.01. The average Bonchev–Trinajstić information content (AvgIpc) is 1.89. The van der Waals surface area contributed by atoms with E-state index in [1.807, 2.05) is 13.8 Å². The van der Waals surface area contributed by atoms with Gasteiger partial charge in [-0.05, 0) is 24.3 Å². The highest BCUT2D eigenvalue weighted by atomic mass is 16.3. The van der Waals surface area contributed by atoms with Gasteiger partial charge in [-0.15, -0.1) is 0 Å². The molecule has 0 saturated carbocycles. The smallest absolute Gasteiger partial charge is 0.0786 e. The zero-order valence-electron chi connectivity index (χ0n) is 6.67. The fourth-order valence-electron chi connectivity index (χ4n) is 0.785. The molecule has 0 rings (SSSR count). The van der Waals surface area contributed by atoms with Crippen molar-refractivity contribution in [2.24, 2.45) is 5.92 Å². The maximum absolute atomic E-state index is 8.68. The van der Waals surface area contributed by atoms with E-state index in [4.69, 9.17) is 10.2 Å². The minimum absolute atomic E-state index is 0.198. The number of hydrogen-bond acceptors (Lipinski definition) is 2. The summed E-state index contributed by atoms with van der Waals surface area (Å²) >= 11 is 0. The molecule has 2 heteroatoms. The van der Waals surface area contributed by atoms with Crippen molar-refractivity contribution < 1.29 is 10.2 Å². The molecule has 0 aliphatic carbocycles. The lowest BCUT2D eigenvalue weighted by Crippen LogP contribution is -1.95.